The number of rotatable bonds is 10. The third-order valence-corrected chi connectivity index (χ3v) is 8.98. The molecule has 1 aliphatic rings. The third-order valence-electron chi connectivity index (χ3n) is 7.36. The number of aromatic hydroxyl groups is 1. The molecule has 2 aromatic carbocycles. The normalized spacial score (nSPS) is 14.8. The molecule has 0 bridgehead atoms. The van der Waals surface area contributed by atoms with E-state index in [-0.39, 0.29) is 59.4 Å². The van der Waals surface area contributed by atoms with Crippen LogP contribution in [0.4, 0.5) is 11.4 Å². The van der Waals surface area contributed by atoms with Crippen LogP contribution in [0.3, 0.4) is 0 Å². The van der Waals surface area contributed by atoms with Crippen molar-refractivity contribution >= 4 is 54.4 Å². The summed E-state index contributed by atoms with van der Waals surface area (Å²) in [6, 6.07) is 9.06. The SMILES string of the molecule is CCN(CC)c1ccc2c(O)c(/C=C/C3=[N+](CCCS(=O)(=O)[O-])c4ccc(S(=O)(=O)[O-])cc4C3(C)C)c(=O)oc2c1.[Na+]. The number of benzene rings is 2. The topological polar surface area (TPSA) is 171 Å². The Morgan fingerprint density at radius 2 is 1.69 bits per heavy atom. The summed E-state index contributed by atoms with van der Waals surface area (Å²) in [6.07, 6.45) is 2.90. The molecular weight excluding hydrogens is 595 g/mol. The molecule has 0 radical (unpaired) electrons. The summed E-state index contributed by atoms with van der Waals surface area (Å²) in [6.45, 7) is 9.11. The maximum Gasteiger partial charge on any atom is 1.00 e. The van der Waals surface area contributed by atoms with Gasteiger partial charge in [-0.2, -0.15) is 4.58 Å². The Labute approximate surface area is 267 Å². The van der Waals surface area contributed by atoms with E-state index in [1.165, 1.54) is 18.2 Å². The summed E-state index contributed by atoms with van der Waals surface area (Å²) >= 11 is 0. The molecule has 1 N–H and O–H groups in total. The van der Waals surface area contributed by atoms with Crippen LogP contribution < -0.4 is 40.1 Å². The molecule has 0 saturated carbocycles. The Morgan fingerprint density at radius 1 is 1.02 bits per heavy atom. The van der Waals surface area contributed by atoms with Crippen LogP contribution in [-0.4, -0.2) is 66.7 Å². The summed E-state index contributed by atoms with van der Waals surface area (Å²) in [7, 11) is -9.23. The van der Waals surface area contributed by atoms with Crippen molar-refractivity contribution in [3.8, 4) is 5.75 Å². The fourth-order valence-electron chi connectivity index (χ4n) is 5.23. The molecule has 3 aromatic rings. The van der Waals surface area contributed by atoms with Crippen molar-refractivity contribution in [3.05, 3.63) is 64.0 Å². The number of hydrogen-bond acceptors (Lipinski definition) is 10. The first kappa shape index (κ1) is 34.0. The monoisotopic (exact) mass is 626 g/mol. The first-order chi connectivity index (χ1) is 19.1. The molecular formula is C28H31N2NaO9S2. The smallest absolute Gasteiger partial charge is 0.748 e. The van der Waals surface area contributed by atoms with Gasteiger partial charge in [0.15, 0.2) is 5.71 Å². The summed E-state index contributed by atoms with van der Waals surface area (Å²) < 4.78 is 76.1. The van der Waals surface area contributed by atoms with Gasteiger partial charge in [-0.3, -0.25) is 0 Å². The maximum atomic E-state index is 13.0. The Hall–Kier alpha value is -2.52. The Kier molecular flexibility index (Phi) is 10.2. The van der Waals surface area contributed by atoms with Crippen LogP contribution in [0.1, 0.15) is 45.2 Å². The molecule has 42 heavy (non-hydrogen) atoms. The number of allylic oxidation sites excluding steroid dienone is 1. The summed E-state index contributed by atoms with van der Waals surface area (Å²) in [5, 5.41) is 11.4. The zero-order valence-corrected chi connectivity index (χ0v) is 27.7. The first-order valence-electron chi connectivity index (χ1n) is 13.0. The Balaban J connectivity index is 0.00000484. The predicted molar refractivity (Wildman–Crippen MR) is 153 cm³/mol. The van der Waals surface area contributed by atoms with E-state index in [2.05, 4.69) is 4.90 Å². The molecule has 0 amide bonds. The summed E-state index contributed by atoms with van der Waals surface area (Å²) in [5.41, 5.74) is 0.784. The van der Waals surface area contributed by atoms with Gasteiger partial charge in [0, 0.05) is 54.7 Å². The van der Waals surface area contributed by atoms with E-state index >= 15 is 0 Å². The van der Waals surface area contributed by atoms with Gasteiger partial charge in [0.25, 0.3) is 0 Å². The molecule has 0 fully saturated rings. The molecule has 0 saturated heterocycles. The van der Waals surface area contributed by atoms with Gasteiger partial charge in [0.05, 0.1) is 25.8 Å². The average molecular weight is 627 g/mol. The number of hydrogen-bond donors (Lipinski definition) is 1. The molecule has 1 aliphatic heterocycles. The van der Waals surface area contributed by atoms with Crippen LogP contribution in [0.25, 0.3) is 17.0 Å². The Bertz CT molecular complexity index is 1860. The molecule has 220 valence electrons. The van der Waals surface area contributed by atoms with Crippen LogP contribution in [0.2, 0.25) is 0 Å². The molecule has 0 unspecified atom stereocenters. The molecule has 0 aliphatic carbocycles. The van der Waals surface area contributed by atoms with E-state index in [0.717, 1.165) is 24.8 Å². The minimum atomic E-state index is -4.75. The van der Waals surface area contributed by atoms with Gasteiger partial charge in [-0.15, -0.1) is 0 Å². The predicted octanol–water partition coefficient (Wildman–Crippen LogP) is 0.278. The molecule has 14 heteroatoms. The van der Waals surface area contributed by atoms with Gasteiger partial charge in [0.1, 0.15) is 33.6 Å². The summed E-state index contributed by atoms with van der Waals surface area (Å²) in [4.78, 5) is 14.6. The van der Waals surface area contributed by atoms with Gasteiger partial charge in [-0.05, 0) is 58.0 Å². The van der Waals surface area contributed by atoms with Crippen LogP contribution in [0.5, 0.6) is 5.75 Å². The van der Waals surface area contributed by atoms with Crippen molar-refractivity contribution in [2.45, 2.75) is 44.4 Å². The van der Waals surface area contributed by atoms with Crippen molar-refractivity contribution in [2.75, 3.05) is 30.3 Å². The second kappa shape index (κ2) is 12.6. The molecule has 4 rings (SSSR count). The van der Waals surface area contributed by atoms with Gasteiger partial charge in [-0.1, -0.05) is 0 Å². The van der Waals surface area contributed by atoms with E-state index in [4.69, 9.17) is 4.42 Å². The standard InChI is InChI=1S/C28H32N2O9S2.Na/c1-5-29(6-2)18-8-10-20-24(16-18)39-27(32)21(26(20)31)11-13-25-28(3,4)22-17-19(41(36,37)38)9-12-23(22)30(25)14-7-15-40(33,34)35;/h8-13,16-17H,5-7,14-15H2,1-4H3,(H2,33,34,35,36,37,38);/q;+1/p-1. The zero-order chi connectivity index (χ0) is 30.3. The van der Waals surface area contributed by atoms with Crippen LogP contribution in [0.15, 0.2) is 56.6 Å². The number of fused-ring (bicyclic) bond motifs is 2. The van der Waals surface area contributed by atoms with Crippen molar-refractivity contribution in [2.24, 2.45) is 0 Å². The van der Waals surface area contributed by atoms with E-state index in [0.29, 0.717) is 22.3 Å². The molecule has 0 spiro atoms. The molecule has 11 nitrogen and oxygen atoms in total. The average Bonchev–Trinajstić information content (AvgIpc) is 3.08. The minimum Gasteiger partial charge on any atom is -0.748 e. The van der Waals surface area contributed by atoms with E-state index in [1.807, 2.05) is 19.9 Å². The van der Waals surface area contributed by atoms with Crippen molar-refractivity contribution in [3.63, 3.8) is 0 Å². The van der Waals surface area contributed by atoms with Crippen molar-refractivity contribution in [1.82, 2.24) is 0 Å². The van der Waals surface area contributed by atoms with E-state index < -0.39 is 41.9 Å². The van der Waals surface area contributed by atoms with E-state index in [9.17, 15) is 35.8 Å². The van der Waals surface area contributed by atoms with Crippen molar-refractivity contribution < 1.29 is 69.6 Å². The molecule has 1 aromatic heterocycles. The first-order valence-corrected chi connectivity index (χ1v) is 16.0. The summed E-state index contributed by atoms with van der Waals surface area (Å²) in [5.74, 6) is -0.899. The van der Waals surface area contributed by atoms with Crippen LogP contribution in [0, 0.1) is 0 Å². The second-order valence-electron chi connectivity index (χ2n) is 10.2. The second-order valence-corrected chi connectivity index (χ2v) is 13.2. The fourth-order valence-corrected chi connectivity index (χ4v) is 6.21. The van der Waals surface area contributed by atoms with Crippen LogP contribution in [-0.2, 0) is 25.7 Å². The van der Waals surface area contributed by atoms with Crippen molar-refractivity contribution in [1.29, 1.82) is 0 Å². The van der Waals surface area contributed by atoms with Gasteiger partial charge >= 0.3 is 35.2 Å². The van der Waals surface area contributed by atoms with E-state index in [1.54, 1.807) is 36.6 Å². The Morgan fingerprint density at radius 3 is 2.29 bits per heavy atom. The zero-order valence-electron chi connectivity index (χ0n) is 24.1. The molecule has 2 heterocycles. The van der Waals surface area contributed by atoms with Crippen LogP contribution >= 0.6 is 0 Å². The maximum absolute atomic E-state index is 13.0. The van der Waals surface area contributed by atoms with Gasteiger partial charge < -0.3 is 23.5 Å². The molecule has 0 atom stereocenters. The number of anilines is 1. The van der Waals surface area contributed by atoms with Gasteiger partial charge in [-0.25, -0.2) is 21.6 Å². The van der Waals surface area contributed by atoms with Gasteiger partial charge in [0.2, 0.25) is 5.69 Å². The fraction of sp³-hybridized carbons (Fsp3) is 0.357. The number of nitrogens with zero attached hydrogens (tertiary/aromatic N) is 2. The largest absolute Gasteiger partial charge is 1.00 e. The third kappa shape index (κ3) is 6.83. The minimum absolute atomic E-state index is 0. The quantitative estimate of drug-likeness (QED) is 0.143.